The summed E-state index contributed by atoms with van der Waals surface area (Å²) in [6, 6.07) is 19.9. The lowest BCUT2D eigenvalue weighted by atomic mass is 10.0. The maximum Gasteiger partial charge on any atom is 0.141 e. The van der Waals surface area contributed by atoms with Crippen LogP contribution in [0.15, 0.2) is 59.5 Å². The lowest BCUT2D eigenvalue weighted by Crippen LogP contribution is -2.15. The van der Waals surface area contributed by atoms with Crippen LogP contribution >= 0.6 is 11.8 Å². The number of fused-ring (bicyclic) bond motifs is 4. The van der Waals surface area contributed by atoms with Gasteiger partial charge in [-0.1, -0.05) is 56.3 Å². The van der Waals surface area contributed by atoms with Crippen molar-refractivity contribution >= 4 is 22.5 Å². The van der Waals surface area contributed by atoms with Gasteiger partial charge in [-0.3, -0.25) is 0 Å². The van der Waals surface area contributed by atoms with E-state index in [1.165, 1.54) is 32.4 Å². The van der Waals surface area contributed by atoms with Crippen molar-refractivity contribution in [2.75, 3.05) is 0 Å². The molecule has 2 aliphatic rings. The van der Waals surface area contributed by atoms with Gasteiger partial charge in [0.25, 0.3) is 0 Å². The number of thioether (sulfide) groups is 1. The summed E-state index contributed by atoms with van der Waals surface area (Å²) in [5, 5.41) is 3.09. The Morgan fingerprint density at radius 3 is 2.52 bits per heavy atom. The third-order valence-corrected chi connectivity index (χ3v) is 6.33. The molecular formula is C21H18OS. The zero-order valence-electron chi connectivity index (χ0n) is 13.2. The predicted molar refractivity (Wildman–Crippen MR) is 96.4 cm³/mol. The Morgan fingerprint density at radius 2 is 1.74 bits per heavy atom. The van der Waals surface area contributed by atoms with Crippen LogP contribution in [0.4, 0.5) is 0 Å². The molecule has 1 aliphatic heterocycles. The van der Waals surface area contributed by atoms with E-state index in [4.69, 9.17) is 4.74 Å². The maximum absolute atomic E-state index is 6.44. The molecule has 23 heavy (non-hydrogen) atoms. The third-order valence-electron chi connectivity index (χ3n) is 5.00. The van der Waals surface area contributed by atoms with Crippen molar-refractivity contribution in [3.63, 3.8) is 0 Å². The van der Waals surface area contributed by atoms with Crippen molar-refractivity contribution in [3.05, 3.63) is 71.3 Å². The lowest BCUT2D eigenvalue weighted by molar-refractivity contribution is 0.198. The van der Waals surface area contributed by atoms with E-state index < -0.39 is 0 Å². The minimum atomic E-state index is 0.137. The second-order valence-corrected chi connectivity index (χ2v) is 7.91. The van der Waals surface area contributed by atoms with Gasteiger partial charge in [0.1, 0.15) is 11.9 Å². The van der Waals surface area contributed by atoms with Gasteiger partial charge >= 0.3 is 0 Å². The van der Waals surface area contributed by atoms with Crippen LogP contribution in [0.2, 0.25) is 0 Å². The predicted octanol–water partition coefficient (Wildman–Crippen LogP) is 6.24. The monoisotopic (exact) mass is 318 g/mol. The SMILES string of the molecule is CC(C)c1ccc2c(c1)S[C@H]1c3cccc4cccc(c34)[C@H]1O2. The van der Waals surface area contributed by atoms with E-state index in [2.05, 4.69) is 68.4 Å². The average molecular weight is 318 g/mol. The molecule has 2 heteroatoms. The van der Waals surface area contributed by atoms with Crippen LogP contribution in [0.3, 0.4) is 0 Å². The van der Waals surface area contributed by atoms with Crippen molar-refractivity contribution in [1.29, 1.82) is 0 Å². The molecule has 2 atom stereocenters. The Hall–Kier alpha value is -1.93. The molecule has 0 bridgehead atoms. The summed E-state index contributed by atoms with van der Waals surface area (Å²) in [5.74, 6) is 1.58. The fourth-order valence-electron chi connectivity index (χ4n) is 3.80. The summed E-state index contributed by atoms with van der Waals surface area (Å²) in [7, 11) is 0. The molecule has 0 aromatic heterocycles. The number of benzene rings is 3. The van der Waals surface area contributed by atoms with Crippen LogP contribution in [0.5, 0.6) is 5.75 Å². The molecule has 5 rings (SSSR count). The van der Waals surface area contributed by atoms with E-state index in [1.807, 2.05) is 11.8 Å². The highest BCUT2D eigenvalue weighted by molar-refractivity contribution is 7.99. The zero-order chi connectivity index (χ0) is 15.6. The zero-order valence-corrected chi connectivity index (χ0v) is 14.1. The van der Waals surface area contributed by atoms with Crippen LogP contribution in [-0.2, 0) is 0 Å². The van der Waals surface area contributed by atoms with E-state index >= 15 is 0 Å². The molecule has 0 saturated carbocycles. The van der Waals surface area contributed by atoms with E-state index in [0.29, 0.717) is 11.2 Å². The molecule has 0 saturated heterocycles. The van der Waals surface area contributed by atoms with Gasteiger partial charge in [-0.2, -0.15) is 0 Å². The largest absolute Gasteiger partial charge is 0.483 e. The molecular weight excluding hydrogens is 300 g/mol. The Labute approximate surface area is 140 Å². The molecule has 3 aromatic rings. The summed E-state index contributed by atoms with van der Waals surface area (Å²) in [6.45, 7) is 4.48. The second-order valence-electron chi connectivity index (χ2n) is 6.73. The molecule has 1 nitrogen and oxygen atoms in total. The first kappa shape index (κ1) is 13.5. The van der Waals surface area contributed by atoms with Crippen LogP contribution in [-0.4, -0.2) is 0 Å². The first-order valence-corrected chi connectivity index (χ1v) is 9.09. The van der Waals surface area contributed by atoms with Crippen molar-refractivity contribution in [2.24, 2.45) is 0 Å². The number of hydrogen-bond acceptors (Lipinski definition) is 2. The minimum Gasteiger partial charge on any atom is -0.483 e. The topological polar surface area (TPSA) is 9.23 Å². The molecule has 1 heterocycles. The smallest absolute Gasteiger partial charge is 0.141 e. The van der Waals surface area contributed by atoms with Crippen molar-refractivity contribution in [2.45, 2.75) is 36.0 Å². The highest BCUT2D eigenvalue weighted by atomic mass is 32.2. The van der Waals surface area contributed by atoms with Gasteiger partial charge in [0, 0.05) is 5.56 Å². The highest BCUT2D eigenvalue weighted by Gasteiger charge is 2.40. The normalized spacial score (nSPS) is 21.2. The summed E-state index contributed by atoms with van der Waals surface area (Å²) < 4.78 is 6.44. The number of rotatable bonds is 1. The average Bonchev–Trinajstić information content (AvgIpc) is 2.88. The standard InChI is InChI=1S/C21H18OS/c1-12(2)14-9-10-17-18(11-14)23-21-16-8-4-6-13-5-3-7-15(19(13)16)20(21)22-17/h3-12,20-21H,1-2H3/t20-,21+/m1/s1. The molecule has 3 aromatic carbocycles. The first-order valence-electron chi connectivity index (χ1n) is 8.21. The van der Waals surface area contributed by atoms with Gasteiger partial charge in [0.2, 0.25) is 0 Å². The Kier molecular flexibility index (Phi) is 2.81. The molecule has 0 fully saturated rings. The molecule has 1 aliphatic carbocycles. The van der Waals surface area contributed by atoms with Crippen molar-refractivity contribution < 1.29 is 4.74 Å². The molecule has 0 spiro atoms. The van der Waals surface area contributed by atoms with E-state index in [9.17, 15) is 0 Å². The number of hydrogen-bond donors (Lipinski definition) is 0. The van der Waals surface area contributed by atoms with Crippen molar-refractivity contribution in [3.8, 4) is 5.75 Å². The van der Waals surface area contributed by atoms with Crippen molar-refractivity contribution in [1.82, 2.24) is 0 Å². The summed E-state index contributed by atoms with van der Waals surface area (Å²) in [6.07, 6.45) is 0.137. The fraction of sp³-hybridized carbons (Fsp3) is 0.238. The lowest BCUT2D eigenvalue weighted by Gasteiger charge is -2.30. The van der Waals surface area contributed by atoms with Gasteiger partial charge in [-0.15, -0.1) is 11.8 Å². The summed E-state index contributed by atoms with van der Waals surface area (Å²) in [5.41, 5.74) is 4.15. The molecule has 114 valence electrons. The molecule has 0 radical (unpaired) electrons. The Morgan fingerprint density at radius 1 is 0.957 bits per heavy atom. The second kappa shape index (κ2) is 4.78. The Bertz CT molecular complexity index is 923. The van der Waals surface area contributed by atoms with Crippen LogP contribution in [0.1, 0.15) is 47.8 Å². The minimum absolute atomic E-state index is 0.137. The van der Waals surface area contributed by atoms with Gasteiger partial charge in [-0.25, -0.2) is 0 Å². The van der Waals surface area contributed by atoms with Gasteiger partial charge in [0.15, 0.2) is 0 Å². The molecule has 0 unspecified atom stereocenters. The van der Waals surface area contributed by atoms with Crippen LogP contribution in [0, 0.1) is 0 Å². The van der Waals surface area contributed by atoms with Crippen LogP contribution < -0.4 is 4.74 Å². The molecule has 0 N–H and O–H groups in total. The maximum atomic E-state index is 6.44. The van der Waals surface area contributed by atoms with E-state index in [-0.39, 0.29) is 6.10 Å². The Balaban J connectivity index is 1.67. The summed E-state index contributed by atoms with van der Waals surface area (Å²) in [4.78, 5) is 1.28. The highest BCUT2D eigenvalue weighted by Crippen LogP contribution is 2.59. The van der Waals surface area contributed by atoms with Gasteiger partial charge < -0.3 is 4.74 Å². The first-order chi connectivity index (χ1) is 11.2. The molecule has 0 amide bonds. The quantitative estimate of drug-likeness (QED) is 0.525. The van der Waals surface area contributed by atoms with Gasteiger partial charge in [0.05, 0.1) is 10.1 Å². The van der Waals surface area contributed by atoms with Crippen LogP contribution in [0.25, 0.3) is 10.8 Å². The summed E-state index contributed by atoms with van der Waals surface area (Å²) >= 11 is 1.96. The fourth-order valence-corrected chi connectivity index (χ4v) is 5.16. The van der Waals surface area contributed by atoms with E-state index in [1.54, 1.807) is 0 Å². The van der Waals surface area contributed by atoms with Gasteiger partial charge in [-0.05, 0) is 39.9 Å². The van der Waals surface area contributed by atoms with E-state index in [0.717, 1.165) is 5.75 Å². The number of ether oxygens (including phenoxy) is 1. The third kappa shape index (κ3) is 1.88.